The summed E-state index contributed by atoms with van der Waals surface area (Å²) in [4.78, 5) is 11.9. The first-order valence-corrected chi connectivity index (χ1v) is 5.93. The lowest BCUT2D eigenvalue weighted by Gasteiger charge is -2.20. The van der Waals surface area contributed by atoms with Gasteiger partial charge in [-0.05, 0) is 19.4 Å². The van der Waals surface area contributed by atoms with E-state index in [2.05, 4.69) is 19.2 Å². The fraction of sp³-hybridized carbons (Fsp3) is 0.917. The van der Waals surface area contributed by atoms with E-state index in [1.54, 1.807) is 0 Å². The summed E-state index contributed by atoms with van der Waals surface area (Å²) in [6.45, 7) is 6.20. The van der Waals surface area contributed by atoms with E-state index in [1.165, 1.54) is 19.3 Å². The molecule has 1 rings (SSSR count). The summed E-state index contributed by atoms with van der Waals surface area (Å²) >= 11 is 0. The summed E-state index contributed by atoms with van der Waals surface area (Å²) < 4.78 is 0. The molecule has 0 amide bonds. The smallest absolute Gasteiger partial charge is 0.140 e. The molecule has 0 spiro atoms. The van der Waals surface area contributed by atoms with Gasteiger partial charge >= 0.3 is 0 Å². The van der Waals surface area contributed by atoms with Crippen molar-refractivity contribution in [3.05, 3.63) is 0 Å². The second-order valence-corrected chi connectivity index (χ2v) is 4.72. The van der Waals surface area contributed by atoms with Crippen molar-refractivity contribution in [2.75, 3.05) is 13.1 Å². The van der Waals surface area contributed by atoms with Crippen molar-refractivity contribution in [1.82, 2.24) is 5.32 Å². The van der Waals surface area contributed by atoms with Crippen molar-refractivity contribution in [3.63, 3.8) is 0 Å². The lowest BCUT2D eigenvalue weighted by atomic mass is 9.82. The Morgan fingerprint density at radius 2 is 2.14 bits per heavy atom. The van der Waals surface area contributed by atoms with Crippen molar-refractivity contribution in [2.45, 2.75) is 52.4 Å². The molecule has 0 bridgehead atoms. The van der Waals surface area contributed by atoms with Gasteiger partial charge < -0.3 is 5.32 Å². The predicted octanol–water partition coefficient (Wildman–Crippen LogP) is 2.53. The van der Waals surface area contributed by atoms with Gasteiger partial charge in [-0.2, -0.15) is 0 Å². The molecule has 82 valence electrons. The first-order chi connectivity index (χ1) is 6.69. The molecule has 1 aliphatic heterocycles. The topological polar surface area (TPSA) is 29.1 Å². The highest BCUT2D eigenvalue weighted by Gasteiger charge is 2.34. The molecule has 0 radical (unpaired) electrons. The van der Waals surface area contributed by atoms with Gasteiger partial charge in [-0.1, -0.05) is 33.1 Å². The van der Waals surface area contributed by atoms with Gasteiger partial charge in [0.05, 0.1) is 0 Å². The van der Waals surface area contributed by atoms with Crippen molar-refractivity contribution in [2.24, 2.45) is 5.41 Å². The number of ketones is 1. The minimum Gasteiger partial charge on any atom is -0.316 e. The van der Waals surface area contributed by atoms with Crippen molar-refractivity contribution >= 4 is 5.78 Å². The van der Waals surface area contributed by atoms with Gasteiger partial charge in [0.1, 0.15) is 5.78 Å². The van der Waals surface area contributed by atoms with Gasteiger partial charge in [-0.3, -0.25) is 4.79 Å². The minimum absolute atomic E-state index is 0.0494. The Kier molecular flexibility index (Phi) is 4.59. The quantitative estimate of drug-likeness (QED) is 0.663. The van der Waals surface area contributed by atoms with E-state index in [0.717, 1.165) is 32.4 Å². The highest BCUT2D eigenvalue weighted by Crippen LogP contribution is 2.27. The largest absolute Gasteiger partial charge is 0.316 e. The Labute approximate surface area is 87.5 Å². The van der Waals surface area contributed by atoms with Crippen LogP contribution in [0.4, 0.5) is 0 Å². The summed E-state index contributed by atoms with van der Waals surface area (Å²) in [7, 11) is 0. The zero-order valence-electron chi connectivity index (χ0n) is 9.57. The van der Waals surface area contributed by atoms with E-state index in [0.29, 0.717) is 5.78 Å². The number of hydrogen-bond acceptors (Lipinski definition) is 2. The summed E-state index contributed by atoms with van der Waals surface area (Å²) in [5.74, 6) is 0.471. The molecule has 1 fully saturated rings. The number of carbonyl (C=O) groups excluding carboxylic acids is 1. The van der Waals surface area contributed by atoms with Crippen LogP contribution in [0.15, 0.2) is 0 Å². The highest BCUT2D eigenvalue weighted by atomic mass is 16.1. The molecule has 1 N–H and O–H groups in total. The van der Waals surface area contributed by atoms with E-state index >= 15 is 0 Å². The molecular weight excluding hydrogens is 174 g/mol. The Morgan fingerprint density at radius 1 is 1.36 bits per heavy atom. The van der Waals surface area contributed by atoms with Crippen LogP contribution >= 0.6 is 0 Å². The number of Topliss-reactive ketones (excluding diaryl/α,β-unsaturated/α-hetero) is 1. The van der Waals surface area contributed by atoms with Gasteiger partial charge in [0.2, 0.25) is 0 Å². The number of nitrogens with one attached hydrogen (secondary N) is 1. The maximum Gasteiger partial charge on any atom is 0.140 e. The Hall–Kier alpha value is -0.370. The standard InChI is InChI=1S/C12H23NO/c1-3-4-5-6-7-11(14)12(2)8-9-13-10-12/h13H,3-10H2,1-2H3. The number of rotatable bonds is 6. The molecule has 0 aromatic carbocycles. The van der Waals surface area contributed by atoms with E-state index < -0.39 is 0 Å². The second kappa shape index (κ2) is 5.50. The lowest BCUT2D eigenvalue weighted by molar-refractivity contribution is -0.127. The molecule has 1 heterocycles. The van der Waals surface area contributed by atoms with Gasteiger partial charge in [-0.25, -0.2) is 0 Å². The Morgan fingerprint density at radius 3 is 2.71 bits per heavy atom. The van der Waals surface area contributed by atoms with Gasteiger partial charge in [0.25, 0.3) is 0 Å². The minimum atomic E-state index is -0.0494. The molecule has 0 aliphatic carbocycles. The van der Waals surface area contributed by atoms with Crippen LogP contribution in [0.5, 0.6) is 0 Å². The normalized spacial score (nSPS) is 26.7. The van der Waals surface area contributed by atoms with Crippen molar-refractivity contribution < 1.29 is 4.79 Å². The third-order valence-corrected chi connectivity index (χ3v) is 3.30. The zero-order valence-corrected chi connectivity index (χ0v) is 9.57. The van der Waals surface area contributed by atoms with Gasteiger partial charge in [0, 0.05) is 18.4 Å². The van der Waals surface area contributed by atoms with Crippen LogP contribution in [-0.2, 0) is 4.79 Å². The molecule has 0 aromatic heterocycles. The lowest BCUT2D eigenvalue weighted by Crippen LogP contribution is -2.29. The number of carbonyl (C=O) groups is 1. The molecule has 1 aliphatic rings. The van der Waals surface area contributed by atoms with Crippen LogP contribution in [0, 0.1) is 5.41 Å². The van der Waals surface area contributed by atoms with E-state index in [9.17, 15) is 4.79 Å². The molecule has 0 saturated carbocycles. The fourth-order valence-electron chi connectivity index (χ4n) is 2.07. The first-order valence-electron chi connectivity index (χ1n) is 5.93. The third-order valence-electron chi connectivity index (χ3n) is 3.30. The summed E-state index contributed by atoms with van der Waals surface area (Å²) in [6, 6.07) is 0. The van der Waals surface area contributed by atoms with Gasteiger partial charge in [0.15, 0.2) is 0 Å². The van der Waals surface area contributed by atoms with E-state index in [1.807, 2.05) is 0 Å². The SMILES string of the molecule is CCCCCCC(=O)C1(C)CCNC1. The van der Waals surface area contributed by atoms with Crippen molar-refractivity contribution in [1.29, 1.82) is 0 Å². The molecule has 1 atom stereocenters. The molecule has 2 heteroatoms. The predicted molar refractivity (Wildman–Crippen MR) is 59.4 cm³/mol. The average molecular weight is 197 g/mol. The average Bonchev–Trinajstić information content (AvgIpc) is 2.61. The molecule has 0 aromatic rings. The first kappa shape index (κ1) is 11.7. The van der Waals surface area contributed by atoms with Crippen LogP contribution in [0.2, 0.25) is 0 Å². The maximum atomic E-state index is 11.9. The highest BCUT2D eigenvalue weighted by molar-refractivity contribution is 5.85. The van der Waals surface area contributed by atoms with Crippen LogP contribution in [0.3, 0.4) is 0 Å². The zero-order chi connectivity index (χ0) is 10.4. The Bertz CT molecular complexity index is 183. The number of hydrogen-bond donors (Lipinski definition) is 1. The molecule has 14 heavy (non-hydrogen) atoms. The second-order valence-electron chi connectivity index (χ2n) is 4.72. The van der Waals surface area contributed by atoms with Crippen LogP contribution < -0.4 is 5.32 Å². The molecule has 1 unspecified atom stereocenters. The fourth-order valence-corrected chi connectivity index (χ4v) is 2.07. The summed E-state index contributed by atoms with van der Waals surface area (Å²) in [6.07, 6.45) is 6.63. The van der Waals surface area contributed by atoms with E-state index in [-0.39, 0.29) is 5.41 Å². The Balaban J connectivity index is 2.20. The molecular formula is C12H23NO. The number of unbranched alkanes of at least 4 members (excludes halogenated alkanes) is 3. The van der Waals surface area contributed by atoms with Crippen LogP contribution in [0.1, 0.15) is 52.4 Å². The molecule has 1 saturated heterocycles. The van der Waals surface area contributed by atoms with Gasteiger partial charge in [-0.15, -0.1) is 0 Å². The van der Waals surface area contributed by atoms with Crippen molar-refractivity contribution in [3.8, 4) is 0 Å². The molecule has 2 nitrogen and oxygen atoms in total. The van der Waals surface area contributed by atoms with Crippen LogP contribution in [0.25, 0.3) is 0 Å². The third kappa shape index (κ3) is 3.09. The summed E-state index contributed by atoms with van der Waals surface area (Å²) in [5, 5.41) is 3.27. The van der Waals surface area contributed by atoms with E-state index in [4.69, 9.17) is 0 Å². The maximum absolute atomic E-state index is 11.9. The summed E-state index contributed by atoms with van der Waals surface area (Å²) in [5.41, 5.74) is -0.0494. The van der Waals surface area contributed by atoms with Crippen LogP contribution in [-0.4, -0.2) is 18.9 Å². The monoisotopic (exact) mass is 197 g/mol.